The SMILES string of the molecule is CC1(C)CC1(C(=O)O)C1CCCC1. The number of carboxylic acids is 1. The van der Waals surface area contributed by atoms with E-state index in [1.165, 1.54) is 12.8 Å². The second-order valence-electron chi connectivity index (χ2n) is 5.32. The Hall–Kier alpha value is -0.530. The lowest BCUT2D eigenvalue weighted by Gasteiger charge is -2.22. The largest absolute Gasteiger partial charge is 0.481 e. The molecule has 2 saturated carbocycles. The molecule has 2 aliphatic carbocycles. The lowest BCUT2D eigenvalue weighted by molar-refractivity contribution is -0.147. The van der Waals surface area contributed by atoms with Crippen molar-refractivity contribution in [2.45, 2.75) is 46.0 Å². The fourth-order valence-electron chi connectivity index (χ4n) is 3.31. The van der Waals surface area contributed by atoms with Crippen LogP contribution in [0.25, 0.3) is 0 Å². The van der Waals surface area contributed by atoms with E-state index in [1.54, 1.807) is 0 Å². The Kier molecular flexibility index (Phi) is 1.73. The predicted octanol–water partition coefficient (Wildman–Crippen LogP) is 2.68. The third-order valence-corrected chi connectivity index (χ3v) is 4.24. The van der Waals surface area contributed by atoms with E-state index in [9.17, 15) is 9.90 Å². The van der Waals surface area contributed by atoms with Crippen LogP contribution in [0.15, 0.2) is 0 Å². The molecule has 13 heavy (non-hydrogen) atoms. The van der Waals surface area contributed by atoms with E-state index >= 15 is 0 Å². The summed E-state index contributed by atoms with van der Waals surface area (Å²) in [5.41, 5.74) is -0.308. The van der Waals surface area contributed by atoms with Crippen LogP contribution in [0, 0.1) is 16.7 Å². The summed E-state index contributed by atoms with van der Waals surface area (Å²) in [6.45, 7) is 4.19. The van der Waals surface area contributed by atoms with E-state index in [4.69, 9.17) is 0 Å². The van der Waals surface area contributed by atoms with Crippen LogP contribution in [-0.2, 0) is 4.79 Å². The standard InChI is InChI=1S/C11H18O2/c1-10(2)7-11(10,9(12)13)8-5-3-4-6-8/h8H,3-7H2,1-2H3,(H,12,13). The predicted molar refractivity (Wildman–Crippen MR) is 50.4 cm³/mol. The van der Waals surface area contributed by atoms with Gasteiger partial charge in [-0.05, 0) is 30.6 Å². The van der Waals surface area contributed by atoms with Crippen LogP contribution in [0.1, 0.15) is 46.0 Å². The molecular weight excluding hydrogens is 164 g/mol. The van der Waals surface area contributed by atoms with Gasteiger partial charge in [0.2, 0.25) is 0 Å². The smallest absolute Gasteiger partial charge is 0.310 e. The van der Waals surface area contributed by atoms with Crippen LogP contribution in [0.2, 0.25) is 0 Å². The number of hydrogen-bond donors (Lipinski definition) is 1. The van der Waals surface area contributed by atoms with Crippen molar-refractivity contribution in [2.24, 2.45) is 16.7 Å². The minimum atomic E-state index is -0.551. The Balaban J connectivity index is 2.21. The molecule has 0 saturated heterocycles. The molecule has 0 heterocycles. The minimum absolute atomic E-state index is 0.0494. The quantitative estimate of drug-likeness (QED) is 0.713. The van der Waals surface area contributed by atoms with Gasteiger partial charge < -0.3 is 5.11 Å². The van der Waals surface area contributed by atoms with Gasteiger partial charge in [0.05, 0.1) is 5.41 Å². The third kappa shape index (κ3) is 1.04. The molecule has 2 nitrogen and oxygen atoms in total. The normalized spacial score (nSPS) is 37.7. The van der Waals surface area contributed by atoms with Crippen molar-refractivity contribution >= 4 is 5.97 Å². The molecule has 2 aliphatic rings. The van der Waals surface area contributed by atoms with Gasteiger partial charge in [-0.1, -0.05) is 26.7 Å². The summed E-state index contributed by atoms with van der Waals surface area (Å²) in [7, 11) is 0. The van der Waals surface area contributed by atoms with Crippen molar-refractivity contribution in [1.29, 1.82) is 0 Å². The maximum atomic E-state index is 11.3. The highest BCUT2D eigenvalue weighted by molar-refractivity contribution is 5.80. The van der Waals surface area contributed by atoms with Gasteiger partial charge in [0.25, 0.3) is 0 Å². The van der Waals surface area contributed by atoms with Crippen LogP contribution < -0.4 is 0 Å². The van der Waals surface area contributed by atoms with E-state index in [1.807, 2.05) is 0 Å². The topological polar surface area (TPSA) is 37.3 Å². The van der Waals surface area contributed by atoms with Crippen molar-refractivity contribution in [2.75, 3.05) is 0 Å². The van der Waals surface area contributed by atoms with Crippen molar-refractivity contribution < 1.29 is 9.90 Å². The van der Waals surface area contributed by atoms with E-state index in [0.717, 1.165) is 19.3 Å². The first-order valence-electron chi connectivity index (χ1n) is 5.24. The zero-order chi connectivity index (χ0) is 9.69. The summed E-state index contributed by atoms with van der Waals surface area (Å²) >= 11 is 0. The molecule has 0 spiro atoms. The van der Waals surface area contributed by atoms with Crippen LogP contribution in [0.4, 0.5) is 0 Å². The molecule has 2 rings (SSSR count). The van der Waals surface area contributed by atoms with Crippen LogP contribution in [0.5, 0.6) is 0 Å². The highest BCUT2D eigenvalue weighted by Gasteiger charge is 2.70. The molecule has 1 N–H and O–H groups in total. The van der Waals surface area contributed by atoms with Crippen molar-refractivity contribution in [3.63, 3.8) is 0 Å². The van der Waals surface area contributed by atoms with Crippen molar-refractivity contribution in [1.82, 2.24) is 0 Å². The number of carboxylic acid groups (broad SMARTS) is 1. The minimum Gasteiger partial charge on any atom is -0.481 e. The van der Waals surface area contributed by atoms with Gasteiger partial charge in [-0.3, -0.25) is 4.79 Å². The summed E-state index contributed by atoms with van der Waals surface area (Å²) < 4.78 is 0. The summed E-state index contributed by atoms with van der Waals surface area (Å²) in [5.74, 6) is -0.0931. The van der Waals surface area contributed by atoms with Crippen molar-refractivity contribution in [3.8, 4) is 0 Å². The van der Waals surface area contributed by atoms with Crippen molar-refractivity contribution in [3.05, 3.63) is 0 Å². The van der Waals surface area contributed by atoms with Gasteiger partial charge in [0.1, 0.15) is 0 Å². The summed E-state index contributed by atoms with van der Waals surface area (Å²) in [4.78, 5) is 11.3. The first kappa shape index (κ1) is 9.04. The molecule has 1 atom stereocenters. The summed E-state index contributed by atoms with van der Waals surface area (Å²) in [5, 5.41) is 9.30. The monoisotopic (exact) mass is 182 g/mol. The van der Waals surface area contributed by atoms with E-state index in [-0.39, 0.29) is 10.8 Å². The molecule has 0 aromatic rings. The van der Waals surface area contributed by atoms with E-state index < -0.39 is 5.97 Å². The zero-order valence-corrected chi connectivity index (χ0v) is 8.47. The van der Waals surface area contributed by atoms with Gasteiger partial charge >= 0.3 is 5.97 Å². The highest BCUT2D eigenvalue weighted by atomic mass is 16.4. The molecule has 2 heteroatoms. The number of carbonyl (C=O) groups is 1. The Morgan fingerprint density at radius 3 is 2.08 bits per heavy atom. The molecule has 0 amide bonds. The molecule has 0 aromatic carbocycles. The van der Waals surface area contributed by atoms with Crippen LogP contribution in [-0.4, -0.2) is 11.1 Å². The molecule has 74 valence electrons. The lowest BCUT2D eigenvalue weighted by atomic mass is 9.81. The van der Waals surface area contributed by atoms with Gasteiger partial charge in [0, 0.05) is 0 Å². The molecular formula is C11H18O2. The van der Waals surface area contributed by atoms with Gasteiger partial charge in [-0.2, -0.15) is 0 Å². The molecule has 0 radical (unpaired) electrons. The average Bonchev–Trinajstić information content (AvgIpc) is 2.52. The fraction of sp³-hybridized carbons (Fsp3) is 0.909. The maximum Gasteiger partial charge on any atom is 0.310 e. The van der Waals surface area contributed by atoms with Gasteiger partial charge in [0.15, 0.2) is 0 Å². The molecule has 2 fully saturated rings. The van der Waals surface area contributed by atoms with Gasteiger partial charge in [-0.25, -0.2) is 0 Å². The second kappa shape index (κ2) is 2.49. The molecule has 0 bridgehead atoms. The average molecular weight is 182 g/mol. The first-order valence-corrected chi connectivity index (χ1v) is 5.24. The Bertz CT molecular complexity index is 238. The van der Waals surface area contributed by atoms with E-state index in [2.05, 4.69) is 13.8 Å². The second-order valence-corrected chi connectivity index (χ2v) is 5.32. The molecule has 1 unspecified atom stereocenters. The highest BCUT2D eigenvalue weighted by Crippen LogP contribution is 2.70. The van der Waals surface area contributed by atoms with E-state index in [0.29, 0.717) is 5.92 Å². The Labute approximate surface area is 79.3 Å². The molecule has 0 aliphatic heterocycles. The fourth-order valence-corrected chi connectivity index (χ4v) is 3.31. The molecule has 0 aromatic heterocycles. The first-order chi connectivity index (χ1) is 6.01. The number of hydrogen-bond acceptors (Lipinski definition) is 1. The maximum absolute atomic E-state index is 11.3. The summed E-state index contributed by atoms with van der Waals surface area (Å²) in [6, 6.07) is 0. The van der Waals surface area contributed by atoms with Gasteiger partial charge in [-0.15, -0.1) is 0 Å². The zero-order valence-electron chi connectivity index (χ0n) is 8.47. The number of rotatable bonds is 2. The summed E-state index contributed by atoms with van der Waals surface area (Å²) in [6.07, 6.45) is 5.62. The Morgan fingerprint density at radius 1 is 1.31 bits per heavy atom. The third-order valence-electron chi connectivity index (χ3n) is 4.24. The number of aliphatic carboxylic acids is 1. The Morgan fingerprint density at radius 2 is 1.77 bits per heavy atom. The van der Waals surface area contributed by atoms with Crippen LogP contribution in [0.3, 0.4) is 0 Å². The van der Waals surface area contributed by atoms with Crippen LogP contribution >= 0.6 is 0 Å². The lowest BCUT2D eigenvalue weighted by Crippen LogP contribution is -2.28.